The number of benzene rings is 1. The summed E-state index contributed by atoms with van der Waals surface area (Å²) in [7, 11) is 0. The van der Waals surface area contributed by atoms with Crippen LogP contribution in [0, 0.1) is 6.92 Å². The quantitative estimate of drug-likeness (QED) is 0.856. The second-order valence-corrected chi connectivity index (χ2v) is 6.16. The van der Waals surface area contributed by atoms with E-state index >= 15 is 0 Å². The van der Waals surface area contributed by atoms with E-state index in [1.54, 1.807) is 6.20 Å². The number of aryl methyl sites for hydroxylation is 1. The highest BCUT2D eigenvalue weighted by molar-refractivity contribution is 5.91. The molecule has 1 amide bonds. The van der Waals surface area contributed by atoms with Crippen molar-refractivity contribution >= 4 is 17.4 Å². The van der Waals surface area contributed by atoms with E-state index in [2.05, 4.69) is 15.6 Å². The molecule has 0 aliphatic carbocycles. The maximum absolute atomic E-state index is 12.1. The van der Waals surface area contributed by atoms with Gasteiger partial charge in [0, 0.05) is 13.2 Å². The molecule has 1 aromatic heterocycles. The second kappa shape index (κ2) is 7.93. The van der Waals surface area contributed by atoms with Gasteiger partial charge in [-0.15, -0.1) is 0 Å². The van der Waals surface area contributed by atoms with Crippen LogP contribution in [0.5, 0.6) is 0 Å². The van der Waals surface area contributed by atoms with Crippen LogP contribution in [0.2, 0.25) is 0 Å². The van der Waals surface area contributed by atoms with Crippen LogP contribution in [0.25, 0.3) is 0 Å². The molecule has 0 bridgehead atoms. The lowest BCUT2D eigenvalue weighted by molar-refractivity contribution is -0.115. The zero-order valence-electron chi connectivity index (χ0n) is 13.9. The third-order valence-corrected chi connectivity index (χ3v) is 4.04. The Morgan fingerprint density at radius 1 is 1.33 bits per heavy atom. The van der Waals surface area contributed by atoms with E-state index in [9.17, 15) is 4.79 Å². The maximum Gasteiger partial charge on any atom is 0.229 e. The van der Waals surface area contributed by atoms with Crippen molar-refractivity contribution in [3.8, 4) is 0 Å². The number of rotatable bonds is 6. The normalized spacial score (nSPS) is 16.8. The summed E-state index contributed by atoms with van der Waals surface area (Å²) in [5, 5.41) is 6.14. The molecule has 0 radical (unpaired) electrons. The number of carbonyl (C=O) groups excluding carboxylic acids is 1. The van der Waals surface area contributed by atoms with Crippen molar-refractivity contribution in [2.24, 2.45) is 0 Å². The molecule has 2 heterocycles. The number of pyridine rings is 1. The number of carbonyl (C=O) groups is 1. The average Bonchev–Trinajstić information content (AvgIpc) is 3.07. The number of ether oxygens (including phenoxy) is 1. The summed E-state index contributed by atoms with van der Waals surface area (Å²) in [5.74, 6) is 0.503. The lowest BCUT2D eigenvalue weighted by Gasteiger charge is -2.12. The first-order valence-electron chi connectivity index (χ1n) is 8.36. The van der Waals surface area contributed by atoms with Crippen LogP contribution in [0.4, 0.5) is 11.5 Å². The van der Waals surface area contributed by atoms with Gasteiger partial charge in [0.1, 0.15) is 5.82 Å². The Labute approximate surface area is 142 Å². The van der Waals surface area contributed by atoms with Crippen molar-refractivity contribution in [3.05, 3.63) is 53.7 Å². The molecule has 2 aromatic rings. The summed E-state index contributed by atoms with van der Waals surface area (Å²) >= 11 is 0. The molecule has 5 nitrogen and oxygen atoms in total. The van der Waals surface area contributed by atoms with Crippen LogP contribution in [0.3, 0.4) is 0 Å². The largest absolute Gasteiger partial charge is 0.381 e. The molecule has 24 heavy (non-hydrogen) atoms. The highest BCUT2D eigenvalue weighted by Gasteiger charge is 2.14. The minimum absolute atomic E-state index is 0.0619. The number of anilines is 2. The summed E-state index contributed by atoms with van der Waals surface area (Å²) in [6.45, 7) is 3.67. The highest BCUT2D eigenvalue weighted by Crippen LogP contribution is 2.15. The highest BCUT2D eigenvalue weighted by atomic mass is 16.5. The van der Waals surface area contributed by atoms with Gasteiger partial charge in [0.2, 0.25) is 5.91 Å². The van der Waals surface area contributed by atoms with Gasteiger partial charge < -0.3 is 15.4 Å². The third kappa shape index (κ3) is 4.80. The smallest absolute Gasteiger partial charge is 0.229 e. The van der Waals surface area contributed by atoms with Gasteiger partial charge in [0.25, 0.3) is 0 Å². The van der Waals surface area contributed by atoms with Crippen molar-refractivity contribution in [3.63, 3.8) is 0 Å². The Kier molecular flexibility index (Phi) is 5.43. The topological polar surface area (TPSA) is 63.2 Å². The van der Waals surface area contributed by atoms with E-state index < -0.39 is 0 Å². The Hall–Kier alpha value is -2.40. The van der Waals surface area contributed by atoms with E-state index in [0.29, 0.717) is 18.3 Å². The van der Waals surface area contributed by atoms with E-state index in [-0.39, 0.29) is 5.91 Å². The van der Waals surface area contributed by atoms with Crippen molar-refractivity contribution in [1.29, 1.82) is 0 Å². The summed E-state index contributed by atoms with van der Waals surface area (Å²) in [6, 6.07) is 11.7. The summed E-state index contributed by atoms with van der Waals surface area (Å²) < 4.78 is 5.58. The summed E-state index contributed by atoms with van der Waals surface area (Å²) in [6.07, 6.45) is 4.61. The van der Waals surface area contributed by atoms with E-state index in [0.717, 1.165) is 42.8 Å². The van der Waals surface area contributed by atoms with Gasteiger partial charge in [0.05, 0.1) is 24.4 Å². The van der Waals surface area contributed by atoms with Gasteiger partial charge >= 0.3 is 0 Å². The first-order chi connectivity index (χ1) is 11.7. The predicted octanol–water partition coefficient (Wildman–Crippen LogP) is 3.16. The average molecular weight is 325 g/mol. The number of nitrogens with one attached hydrogen (secondary N) is 2. The SMILES string of the molecule is Cc1cccc(CC(=O)Nc2ccc(NCC3CCCO3)cn2)c1. The van der Waals surface area contributed by atoms with Crippen molar-refractivity contribution in [2.45, 2.75) is 32.3 Å². The van der Waals surface area contributed by atoms with Gasteiger partial charge in [-0.2, -0.15) is 0 Å². The summed E-state index contributed by atoms with van der Waals surface area (Å²) in [5.41, 5.74) is 3.09. The molecule has 126 valence electrons. The molecule has 1 unspecified atom stereocenters. The molecular formula is C19H23N3O2. The van der Waals surface area contributed by atoms with Crippen LogP contribution in [-0.4, -0.2) is 30.1 Å². The zero-order chi connectivity index (χ0) is 16.8. The molecule has 1 atom stereocenters. The lowest BCUT2D eigenvalue weighted by atomic mass is 10.1. The van der Waals surface area contributed by atoms with Crippen LogP contribution in [-0.2, 0) is 16.0 Å². The van der Waals surface area contributed by atoms with E-state index in [1.165, 1.54) is 0 Å². The fourth-order valence-electron chi connectivity index (χ4n) is 2.80. The number of hydrogen-bond donors (Lipinski definition) is 2. The second-order valence-electron chi connectivity index (χ2n) is 6.16. The molecule has 1 aliphatic heterocycles. The molecule has 1 saturated heterocycles. The van der Waals surface area contributed by atoms with E-state index in [4.69, 9.17) is 4.74 Å². The first kappa shape index (κ1) is 16.5. The van der Waals surface area contributed by atoms with Crippen LogP contribution in [0.1, 0.15) is 24.0 Å². The van der Waals surface area contributed by atoms with Gasteiger partial charge in [0.15, 0.2) is 0 Å². The molecule has 1 aliphatic rings. The Balaban J connectivity index is 1.49. The number of aromatic nitrogens is 1. The van der Waals surface area contributed by atoms with Gasteiger partial charge in [-0.1, -0.05) is 29.8 Å². The monoisotopic (exact) mass is 325 g/mol. The van der Waals surface area contributed by atoms with Gasteiger partial charge in [-0.3, -0.25) is 4.79 Å². The van der Waals surface area contributed by atoms with Gasteiger partial charge in [-0.05, 0) is 37.5 Å². The molecular weight excluding hydrogens is 302 g/mol. The molecule has 5 heteroatoms. The molecule has 3 rings (SSSR count). The Morgan fingerprint density at radius 3 is 2.96 bits per heavy atom. The van der Waals surface area contributed by atoms with Crippen LogP contribution < -0.4 is 10.6 Å². The number of hydrogen-bond acceptors (Lipinski definition) is 4. The molecule has 0 spiro atoms. The molecule has 2 N–H and O–H groups in total. The Bertz CT molecular complexity index is 679. The van der Waals surface area contributed by atoms with Crippen LogP contribution >= 0.6 is 0 Å². The van der Waals surface area contributed by atoms with Gasteiger partial charge in [-0.25, -0.2) is 4.98 Å². The fraction of sp³-hybridized carbons (Fsp3) is 0.368. The van der Waals surface area contributed by atoms with Crippen molar-refractivity contribution in [2.75, 3.05) is 23.8 Å². The van der Waals surface area contributed by atoms with E-state index in [1.807, 2.05) is 43.3 Å². The first-order valence-corrected chi connectivity index (χ1v) is 8.36. The standard InChI is InChI=1S/C19H23N3O2/c1-14-4-2-5-15(10-14)11-19(23)22-18-8-7-16(12-21-18)20-13-17-6-3-9-24-17/h2,4-5,7-8,10,12,17,20H,3,6,9,11,13H2,1H3,(H,21,22,23). The minimum Gasteiger partial charge on any atom is -0.381 e. The third-order valence-electron chi connectivity index (χ3n) is 4.04. The van der Waals surface area contributed by atoms with Crippen molar-refractivity contribution in [1.82, 2.24) is 4.98 Å². The number of nitrogens with zero attached hydrogens (tertiary/aromatic N) is 1. The lowest BCUT2D eigenvalue weighted by Crippen LogP contribution is -2.18. The minimum atomic E-state index is -0.0619. The van der Waals surface area contributed by atoms with Crippen molar-refractivity contribution < 1.29 is 9.53 Å². The summed E-state index contributed by atoms with van der Waals surface area (Å²) in [4.78, 5) is 16.4. The Morgan fingerprint density at radius 2 is 2.25 bits per heavy atom. The fourth-order valence-corrected chi connectivity index (χ4v) is 2.80. The zero-order valence-corrected chi connectivity index (χ0v) is 13.9. The number of amides is 1. The molecule has 1 aromatic carbocycles. The maximum atomic E-state index is 12.1. The molecule has 1 fully saturated rings. The predicted molar refractivity (Wildman–Crippen MR) is 95.2 cm³/mol. The van der Waals surface area contributed by atoms with Crippen LogP contribution in [0.15, 0.2) is 42.6 Å². The molecule has 0 saturated carbocycles.